The summed E-state index contributed by atoms with van der Waals surface area (Å²) in [5.41, 5.74) is 1.06. The van der Waals surface area contributed by atoms with Crippen molar-refractivity contribution in [3.05, 3.63) is 29.8 Å². The summed E-state index contributed by atoms with van der Waals surface area (Å²) in [6.45, 7) is 2.03. The zero-order valence-corrected chi connectivity index (χ0v) is 7.17. The molecule has 0 aliphatic rings. The maximum atomic E-state index is 8.97. The molecule has 1 unspecified atom stereocenters. The first kappa shape index (κ1) is 8.41. The van der Waals surface area contributed by atoms with Crippen LogP contribution in [0.4, 0.5) is 0 Å². The van der Waals surface area contributed by atoms with E-state index in [1.807, 2.05) is 19.1 Å². The SMILES string of the molecule is CCC(Cl)c1ccc(O)cc1. The van der Waals surface area contributed by atoms with E-state index in [0.29, 0.717) is 0 Å². The fourth-order valence-electron chi connectivity index (χ4n) is 0.919. The molecule has 11 heavy (non-hydrogen) atoms. The lowest BCUT2D eigenvalue weighted by atomic mass is 10.1. The number of hydrogen-bond donors (Lipinski definition) is 1. The molecule has 0 aliphatic heterocycles. The van der Waals surface area contributed by atoms with Gasteiger partial charge in [-0.25, -0.2) is 0 Å². The Kier molecular flexibility index (Phi) is 2.77. The van der Waals surface area contributed by atoms with Gasteiger partial charge in [0.05, 0.1) is 5.38 Å². The third-order valence-corrected chi connectivity index (χ3v) is 2.17. The minimum Gasteiger partial charge on any atom is -0.508 e. The summed E-state index contributed by atoms with van der Waals surface area (Å²) >= 11 is 5.96. The van der Waals surface area contributed by atoms with Crippen LogP contribution in [0, 0.1) is 0 Å². The second-order valence-electron chi connectivity index (χ2n) is 2.47. The van der Waals surface area contributed by atoms with E-state index in [2.05, 4.69) is 0 Å². The minimum absolute atomic E-state index is 0.0654. The fraction of sp³-hybridized carbons (Fsp3) is 0.333. The highest BCUT2D eigenvalue weighted by atomic mass is 35.5. The van der Waals surface area contributed by atoms with Gasteiger partial charge in [0.15, 0.2) is 0 Å². The maximum absolute atomic E-state index is 8.97. The zero-order valence-electron chi connectivity index (χ0n) is 6.42. The predicted octanol–water partition coefficient (Wildman–Crippen LogP) is 3.08. The summed E-state index contributed by atoms with van der Waals surface area (Å²) in [6.07, 6.45) is 0.909. The number of benzene rings is 1. The fourth-order valence-corrected chi connectivity index (χ4v) is 1.06. The summed E-state index contributed by atoms with van der Waals surface area (Å²) in [7, 11) is 0. The Bertz CT molecular complexity index is 218. The van der Waals surface area contributed by atoms with E-state index >= 15 is 0 Å². The van der Waals surface area contributed by atoms with Gasteiger partial charge >= 0.3 is 0 Å². The van der Waals surface area contributed by atoms with Crippen molar-refractivity contribution >= 4 is 11.6 Å². The molecule has 1 aromatic carbocycles. The van der Waals surface area contributed by atoms with E-state index in [-0.39, 0.29) is 11.1 Å². The van der Waals surface area contributed by atoms with Crippen LogP contribution in [0.15, 0.2) is 24.3 Å². The van der Waals surface area contributed by atoms with E-state index in [1.165, 1.54) is 0 Å². The van der Waals surface area contributed by atoms with Gasteiger partial charge in [-0.15, -0.1) is 11.6 Å². The standard InChI is InChI=1S/C9H11ClO/c1-2-9(10)7-3-5-8(11)6-4-7/h3-6,9,11H,2H2,1H3. The summed E-state index contributed by atoms with van der Waals surface area (Å²) in [5.74, 6) is 0.286. The molecular weight excluding hydrogens is 160 g/mol. The van der Waals surface area contributed by atoms with Crippen molar-refractivity contribution in [2.75, 3.05) is 0 Å². The van der Waals surface area contributed by atoms with Crippen LogP contribution < -0.4 is 0 Å². The highest BCUT2D eigenvalue weighted by molar-refractivity contribution is 6.20. The smallest absolute Gasteiger partial charge is 0.115 e. The van der Waals surface area contributed by atoms with Gasteiger partial charge in [0.1, 0.15) is 5.75 Å². The molecule has 0 aliphatic carbocycles. The molecule has 0 amide bonds. The van der Waals surface area contributed by atoms with Crippen LogP contribution in [0.25, 0.3) is 0 Å². The van der Waals surface area contributed by atoms with Gasteiger partial charge in [-0.05, 0) is 24.1 Å². The molecule has 0 saturated carbocycles. The Morgan fingerprint density at radius 2 is 1.91 bits per heavy atom. The minimum atomic E-state index is 0.0654. The van der Waals surface area contributed by atoms with Gasteiger partial charge in [-0.3, -0.25) is 0 Å². The molecule has 1 rings (SSSR count). The number of alkyl halides is 1. The van der Waals surface area contributed by atoms with E-state index in [1.54, 1.807) is 12.1 Å². The molecule has 0 fully saturated rings. The predicted molar refractivity (Wildman–Crippen MR) is 47.0 cm³/mol. The monoisotopic (exact) mass is 170 g/mol. The Hall–Kier alpha value is -0.690. The van der Waals surface area contributed by atoms with Crippen molar-refractivity contribution in [1.82, 2.24) is 0 Å². The van der Waals surface area contributed by atoms with Crippen molar-refractivity contribution in [2.24, 2.45) is 0 Å². The Labute approximate surface area is 71.6 Å². The average Bonchev–Trinajstić information content (AvgIpc) is 2.05. The van der Waals surface area contributed by atoms with Crippen LogP contribution in [0.3, 0.4) is 0 Å². The third-order valence-electron chi connectivity index (χ3n) is 1.61. The maximum Gasteiger partial charge on any atom is 0.115 e. The number of phenols is 1. The molecule has 0 heterocycles. The Morgan fingerprint density at radius 3 is 2.36 bits per heavy atom. The zero-order chi connectivity index (χ0) is 8.27. The molecule has 2 heteroatoms. The van der Waals surface area contributed by atoms with Crippen molar-refractivity contribution in [2.45, 2.75) is 18.7 Å². The third kappa shape index (κ3) is 2.12. The number of hydrogen-bond acceptors (Lipinski definition) is 1. The van der Waals surface area contributed by atoms with Crippen LogP contribution >= 0.6 is 11.6 Å². The van der Waals surface area contributed by atoms with E-state index in [9.17, 15) is 0 Å². The van der Waals surface area contributed by atoms with Gasteiger partial charge < -0.3 is 5.11 Å². The number of aromatic hydroxyl groups is 1. The molecule has 0 radical (unpaired) electrons. The van der Waals surface area contributed by atoms with Gasteiger partial charge in [0.25, 0.3) is 0 Å². The molecular formula is C9H11ClO. The van der Waals surface area contributed by atoms with Crippen molar-refractivity contribution in [3.8, 4) is 5.75 Å². The summed E-state index contributed by atoms with van der Waals surface area (Å²) < 4.78 is 0. The van der Waals surface area contributed by atoms with Crippen LogP contribution in [0.1, 0.15) is 24.3 Å². The van der Waals surface area contributed by atoms with Crippen LogP contribution in [0.5, 0.6) is 5.75 Å². The second-order valence-corrected chi connectivity index (χ2v) is 2.99. The largest absolute Gasteiger partial charge is 0.508 e. The summed E-state index contributed by atoms with van der Waals surface area (Å²) in [4.78, 5) is 0. The van der Waals surface area contributed by atoms with Gasteiger partial charge in [0, 0.05) is 0 Å². The van der Waals surface area contributed by atoms with Gasteiger partial charge in [0.2, 0.25) is 0 Å². The first-order valence-electron chi connectivity index (χ1n) is 3.67. The summed E-state index contributed by atoms with van der Waals surface area (Å²) in [5, 5.41) is 9.03. The topological polar surface area (TPSA) is 20.2 Å². The first-order valence-corrected chi connectivity index (χ1v) is 4.10. The molecule has 0 spiro atoms. The van der Waals surface area contributed by atoms with Crippen molar-refractivity contribution < 1.29 is 5.11 Å². The van der Waals surface area contributed by atoms with Crippen LogP contribution in [-0.2, 0) is 0 Å². The highest BCUT2D eigenvalue weighted by Crippen LogP contribution is 2.24. The molecule has 60 valence electrons. The van der Waals surface area contributed by atoms with Crippen LogP contribution in [-0.4, -0.2) is 5.11 Å². The molecule has 1 N–H and O–H groups in total. The Balaban J connectivity index is 2.81. The lowest BCUT2D eigenvalue weighted by Gasteiger charge is -2.05. The lowest BCUT2D eigenvalue weighted by molar-refractivity contribution is 0.475. The van der Waals surface area contributed by atoms with E-state index in [4.69, 9.17) is 16.7 Å². The summed E-state index contributed by atoms with van der Waals surface area (Å²) in [6, 6.07) is 6.99. The van der Waals surface area contributed by atoms with Gasteiger partial charge in [-0.1, -0.05) is 19.1 Å². The molecule has 1 atom stereocenters. The molecule has 0 saturated heterocycles. The highest BCUT2D eigenvalue weighted by Gasteiger charge is 2.03. The first-order chi connectivity index (χ1) is 5.24. The number of halogens is 1. The number of rotatable bonds is 2. The van der Waals surface area contributed by atoms with Crippen molar-refractivity contribution in [1.29, 1.82) is 0 Å². The molecule has 0 bridgehead atoms. The number of phenolic OH excluding ortho intramolecular Hbond substituents is 1. The quantitative estimate of drug-likeness (QED) is 0.677. The second kappa shape index (κ2) is 3.63. The molecule has 0 aromatic heterocycles. The normalized spacial score (nSPS) is 12.9. The van der Waals surface area contributed by atoms with E-state index in [0.717, 1.165) is 12.0 Å². The lowest BCUT2D eigenvalue weighted by Crippen LogP contribution is -1.85. The molecule has 1 nitrogen and oxygen atoms in total. The Morgan fingerprint density at radius 1 is 1.36 bits per heavy atom. The van der Waals surface area contributed by atoms with E-state index < -0.39 is 0 Å². The average molecular weight is 171 g/mol. The van der Waals surface area contributed by atoms with Crippen molar-refractivity contribution in [3.63, 3.8) is 0 Å². The molecule has 1 aromatic rings. The van der Waals surface area contributed by atoms with Gasteiger partial charge in [-0.2, -0.15) is 0 Å². The van der Waals surface area contributed by atoms with Crippen LogP contribution in [0.2, 0.25) is 0 Å².